The van der Waals surface area contributed by atoms with E-state index in [4.69, 9.17) is 5.73 Å². The van der Waals surface area contributed by atoms with Crippen LogP contribution in [0, 0.1) is 0 Å². The lowest BCUT2D eigenvalue weighted by molar-refractivity contribution is -0.125. The summed E-state index contributed by atoms with van der Waals surface area (Å²) in [6.07, 6.45) is 2.21. The Morgan fingerprint density at radius 3 is 2.00 bits per heavy atom. The number of amides is 2. The van der Waals surface area contributed by atoms with Crippen LogP contribution in [0.5, 0.6) is 0 Å². The van der Waals surface area contributed by atoms with Crippen molar-refractivity contribution < 1.29 is 9.59 Å². The van der Waals surface area contributed by atoms with Gasteiger partial charge in [0.1, 0.15) is 0 Å². The molecule has 4 nitrogen and oxygen atoms in total. The van der Waals surface area contributed by atoms with Crippen molar-refractivity contribution in [2.24, 2.45) is 5.73 Å². The summed E-state index contributed by atoms with van der Waals surface area (Å²) in [6.45, 7) is 1.07. The van der Waals surface area contributed by atoms with Crippen molar-refractivity contribution in [2.75, 3.05) is 24.6 Å². The van der Waals surface area contributed by atoms with Gasteiger partial charge in [0, 0.05) is 36.7 Å². The number of nitrogens with zero attached hydrogens (tertiary/aromatic N) is 1. The van der Waals surface area contributed by atoms with Crippen LogP contribution < -0.4 is 5.73 Å². The van der Waals surface area contributed by atoms with E-state index in [1.807, 2.05) is 0 Å². The quantitative estimate of drug-likeness (QED) is 0.437. The summed E-state index contributed by atoms with van der Waals surface area (Å²) in [5, 5.41) is 0. The molecule has 0 unspecified atom stereocenters. The minimum atomic E-state index is -0.630. The minimum Gasteiger partial charge on any atom is -0.366 e. The fraction of sp³-hybridized carbons (Fsp3) is 0.500. The highest BCUT2D eigenvalue weighted by Crippen LogP contribution is 1.94. The molecule has 0 aliphatic heterocycles. The van der Waals surface area contributed by atoms with Crippen LogP contribution in [0.4, 0.5) is 0 Å². The van der Waals surface area contributed by atoms with Crippen molar-refractivity contribution in [1.29, 1.82) is 0 Å². The number of hydrogen-bond donors (Lipinski definition) is 3. The van der Waals surface area contributed by atoms with E-state index in [2.05, 4.69) is 25.3 Å². The fourth-order valence-corrected chi connectivity index (χ4v) is 1.32. The van der Waals surface area contributed by atoms with Crippen LogP contribution in [0.3, 0.4) is 0 Å². The number of rotatable bonds is 6. The summed E-state index contributed by atoms with van der Waals surface area (Å²) in [6, 6.07) is 0. The second-order valence-corrected chi connectivity index (χ2v) is 3.40. The first kappa shape index (κ1) is 13.4. The molecule has 0 saturated heterocycles. The summed E-state index contributed by atoms with van der Waals surface area (Å²) < 4.78 is 0. The molecule has 0 radical (unpaired) electrons. The Bertz CT molecular complexity index is 225. The molecule has 0 saturated carbocycles. The van der Waals surface area contributed by atoms with Crippen molar-refractivity contribution in [3.8, 4) is 0 Å². The molecule has 80 valence electrons. The maximum Gasteiger partial charge on any atom is 0.246 e. The average Bonchev–Trinajstić information content (AvgIpc) is 2.14. The van der Waals surface area contributed by atoms with Gasteiger partial charge in [-0.2, -0.15) is 25.3 Å². The Labute approximate surface area is 94.3 Å². The Balaban J connectivity index is 4.20. The zero-order chi connectivity index (χ0) is 11.0. The van der Waals surface area contributed by atoms with Gasteiger partial charge >= 0.3 is 0 Å². The van der Waals surface area contributed by atoms with Gasteiger partial charge in [-0.15, -0.1) is 0 Å². The van der Waals surface area contributed by atoms with E-state index in [1.54, 1.807) is 4.90 Å². The molecule has 0 aliphatic carbocycles. The Hall–Kier alpha value is -0.620. The topological polar surface area (TPSA) is 63.4 Å². The highest BCUT2D eigenvalue weighted by molar-refractivity contribution is 7.80. The molecule has 0 aromatic carbocycles. The van der Waals surface area contributed by atoms with Gasteiger partial charge < -0.3 is 10.6 Å². The van der Waals surface area contributed by atoms with Gasteiger partial charge in [-0.1, -0.05) is 0 Å². The van der Waals surface area contributed by atoms with E-state index in [9.17, 15) is 9.59 Å². The SMILES string of the molecule is NC(=O)C=CC(=O)N(CCS)CCS. The first-order valence-electron chi connectivity index (χ1n) is 4.10. The summed E-state index contributed by atoms with van der Waals surface area (Å²) in [5.74, 6) is 0.273. The van der Waals surface area contributed by atoms with Crippen LogP contribution in [0.2, 0.25) is 0 Å². The van der Waals surface area contributed by atoms with Gasteiger partial charge in [0.15, 0.2) is 0 Å². The van der Waals surface area contributed by atoms with Gasteiger partial charge in [0.05, 0.1) is 0 Å². The number of primary amides is 1. The monoisotopic (exact) mass is 234 g/mol. The smallest absolute Gasteiger partial charge is 0.246 e. The highest BCUT2D eigenvalue weighted by atomic mass is 32.1. The molecular formula is C8H14N2O2S2. The van der Waals surface area contributed by atoms with Crippen molar-refractivity contribution in [3.63, 3.8) is 0 Å². The zero-order valence-corrected chi connectivity index (χ0v) is 9.51. The second kappa shape index (κ2) is 7.75. The standard InChI is InChI=1S/C8H14N2O2S2/c9-7(11)1-2-8(12)10(3-5-13)4-6-14/h1-2,13-14H,3-6H2,(H2,9,11). The van der Waals surface area contributed by atoms with Crippen molar-refractivity contribution in [1.82, 2.24) is 4.90 Å². The molecule has 0 heterocycles. The molecule has 0 fully saturated rings. The first-order valence-corrected chi connectivity index (χ1v) is 5.36. The minimum absolute atomic E-state index is 0.244. The van der Waals surface area contributed by atoms with Crippen LogP contribution in [0.1, 0.15) is 0 Å². The second-order valence-electron chi connectivity index (χ2n) is 2.51. The highest BCUT2D eigenvalue weighted by Gasteiger charge is 2.08. The largest absolute Gasteiger partial charge is 0.366 e. The molecule has 0 aliphatic rings. The van der Waals surface area contributed by atoms with Gasteiger partial charge in [0.2, 0.25) is 11.8 Å². The molecule has 0 atom stereocenters. The van der Waals surface area contributed by atoms with Gasteiger partial charge in [-0.3, -0.25) is 9.59 Å². The number of carbonyl (C=O) groups is 2. The van der Waals surface area contributed by atoms with Crippen LogP contribution >= 0.6 is 25.3 Å². The molecule has 0 rings (SSSR count). The van der Waals surface area contributed by atoms with Crippen LogP contribution in [0.15, 0.2) is 12.2 Å². The predicted molar refractivity (Wildman–Crippen MR) is 62.6 cm³/mol. The molecular weight excluding hydrogens is 220 g/mol. The number of carbonyl (C=O) groups excluding carboxylic acids is 2. The molecule has 2 amide bonds. The Morgan fingerprint density at radius 1 is 1.14 bits per heavy atom. The summed E-state index contributed by atoms with van der Waals surface area (Å²) in [5.41, 5.74) is 4.86. The third kappa shape index (κ3) is 5.93. The molecule has 6 heteroatoms. The Morgan fingerprint density at radius 2 is 1.64 bits per heavy atom. The van der Waals surface area contributed by atoms with E-state index >= 15 is 0 Å². The van der Waals surface area contributed by atoms with E-state index in [0.717, 1.165) is 12.2 Å². The van der Waals surface area contributed by atoms with Crippen LogP contribution in [-0.4, -0.2) is 41.3 Å². The van der Waals surface area contributed by atoms with Crippen LogP contribution in [-0.2, 0) is 9.59 Å². The van der Waals surface area contributed by atoms with E-state index in [1.165, 1.54) is 0 Å². The molecule has 0 spiro atoms. The number of thiol groups is 2. The predicted octanol–water partition coefficient (Wildman–Crippen LogP) is -0.284. The summed E-state index contributed by atoms with van der Waals surface area (Å²) in [4.78, 5) is 23.3. The zero-order valence-electron chi connectivity index (χ0n) is 7.72. The average molecular weight is 234 g/mol. The number of nitrogens with two attached hydrogens (primary N) is 1. The maximum atomic E-state index is 11.4. The normalized spacial score (nSPS) is 10.4. The van der Waals surface area contributed by atoms with E-state index in [-0.39, 0.29) is 5.91 Å². The lowest BCUT2D eigenvalue weighted by atomic mass is 10.4. The molecule has 0 aromatic rings. The van der Waals surface area contributed by atoms with Gasteiger partial charge in [0.25, 0.3) is 0 Å². The number of hydrogen-bond acceptors (Lipinski definition) is 4. The first-order chi connectivity index (χ1) is 6.61. The van der Waals surface area contributed by atoms with E-state index < -0.39 is 5.91 Å². The van der Waals surface area contributed by atoms with E-state index in [0.29, 0.717) is 24.6 Å². The van der Waals surface area contributed by atoms with Crippen molar-refractivity contribution in [2.45, 2.75) is 0 Å². The third-order valence-electron chi connectivity index (χ3n) is 1.44. The van der Waals surface area contributed by atoms with Crippen LogP contribution in [0.25, 0.3) is 0 Å². The fourth-order valence-electron chi connectivity index (χ4n) is 0.832. The van der Waals surface area contributed by atoms with Crippen molar-refractivity contribution in [3.05, 3.63) is 12.2 Å². The lowest BCUT2D eigenvalue weighted by Crippen LogP contribution is -2.33. The maximum absolute atomic E-state index is 11.4. The lowest BCUT2D eigenvalue weighted by Gasteiger charge is -2.18. The molecule has 0 aromatic heterocycles. The summed E-state index contributed by atoms with van der Waals surface area (Å²) in [7, 11) is 0. The third-order valence-corrected chi connectivity index (χ3v) is 1.84. The molecule has 14 heavy (non-hydrogen) atoms. The van der Waals surface area contributed by atoms with Crippen molar-refractivity contribution >= 4 is 37.1 Å². The van der Waals surface area contributed by atoms with Gasteiger partial charge in [-0.05, 0) is 0 Å². The summed E-state index contributed by atoms with van der Waals surface area (Å²) >= 11 is 8.04. The van der Waals surface area contributed by atoms with Gasteiger partial charge in [-0.25, -0.2) is 0 Å². The Kier molecular flexibility index (Phi) is 7.41. The molecule has 0 bridgehead atoms. The molecule has 2 N–H and O–H groups in total.